The second-order valence-corrected chi connectivity index (χ2v) is 8.96. The molecular formula is C28H23ClFN7. The highest BCUT2D eigenvalue weighted by Crippen LogP contribution is 2.38. The maximum atomic E-state index is 14.8. The van der Waals surface area contributed by atoms with E-state index in [0.29, 0.717) is 44.1 Å². The number of fused-ring (bicyclic) bond motifs is 1. The summed E-state index contributed by atoms with van der Waals surface area (Å²) in [4.78, 5) is 4.59. The SMILES string of the molecule is CC[C@@H](Nc1c(C#N)cnc2c(N[C@H](c3c[nH]nn3)c3ccccc3F)cc(Cl)cc12)c1ccccc1. The highest BCUT2D eigenvalue weighted by Gasteiger charge is 2.23. The summed E-state index contributed by atoms with van der Waals surface area (Å²) >= 11 is 6.58. The summed E-state index contributed by atoms with van der Waals surface area (Å²) < 4.78 is 14.8. The third kappa shape index (κ3) is 4.95. The van der Waals surface area contributed by atoms with Crippen LogP contribution < -0.4 is 10.6 Å². The molecule has 5 aromatic rings. The summed E-state index contributed by atoms with van der Waals surface area (Å²) in [5.41, 5.74) is 4.18. The van der Waals surface area contributed by atoms with Crippen molar-refractivity contribution in [2.45, 2.75) is 25.4 Å². The van der Waals surface area contributed by atoms with Crippen LogP contribution in [-0.2, 0) is 0 Å². The zero-order chi connectivity index (χ0) is 25.8. The quantitative estimate of drug-likeness (QED) is 0.212. The summed E-state index contributed by atoms with van der Waals surface area (Å²) in [6.45, 7) is 2.08. The molecule has 2 aromatic heterocycles. The van der Waals surface area contributed by atoms with E-state index in [1.54, 1.807) is 36.5 Å². The van der Waals surface area contributed by atoms with Gasteiger partial charge in [0.05, 0.1) is 28.5 Å². The second-order valence-electron chi connectivity index (χ2n) is 8.52. The second kappa shape index (κ2) is 10.6. The Kier molecular flexibility index (Phi) is 6.97. The van der Waals surface area contributed by atoms with Gasteiger partial charge in [-0.15, -0.1) is 5.10 Å². The van der Waals surface area contributed by atoms with Gasteiger partial charge in [-0.2, -0.15) is 5.26 Å². The van der Waals surface area contributed by atoms with Crippen molar-refractivity contribution in [2.75, 3.05) is 10.6 Å². The first-order chi connectivity index (χ1) is 18.1. The van der Waals surface area contributed by atoms with Crippen LogP contribution in [0.3, 0.4) is 0 Å². The topological polar surface area (TPSA) is 102 Å². The van der Waals surface area contributed by atoms with Crippen LogP contribution in [-0.4, -0.2) is 20.4 Å². The highest BCUT2D eigenvalue weighted by molar-refractivity contribution is 6.32. The summed E-state index contributed by atoms with van der Waals surface area (Å²) in [6, 6.07) is 21.6. The predicted octanol–water partition coefficient (Wildman–Crippen LogP) is 6.78. The van der Waals surface area contributed by atoms with Crippen molar-refractivity contribution in [3.63, 3.8) is 0 Å². The fourth-order valence-electron chi connectivity index (χ4n) is 4.43. The third-order valence-electron chi connectivity index (χ3n) is 6.23. The lowest BCUT2D eigenvalue weighted by molar-refractivity contribution is 0.602. The molecule has 9 heteroatoms. The third-order valence-corrected chi connectivity index (χ3v) is 6.45. The number of hydrogen-bond acceptors (Lipinski definition) is 6. The molecule has 0 amide bonds. The Morgan fingerprint density at radius 1 is 1.08 bits per heavy atom. The van der Waals surface area contributed by atoms with Crippen molar-refractivity contribution in [3.05, 3.63) is 112 Å². The Labute approximate surface area is 218 Å². The van der Waals surface area contributed by atoms with Crippen molar-refractivity contribution < 1.29 is 4.39 Å². The number of nitriles is 1. The van der Waals surface area contributed by atoms with E-state index in [9.17, 15) is 9.65 Å². The molecule has 0 unspecified atom stereocenters. The van der Waals surface area contributed by atoms with Crippen molar-refractivity contribution in [3.8, 4) is 6.07 Å². The number of benzene rings is 3. The number of halogens is 2. The van der Waals surface area contributed by atoms with Crippen molar-refractivity contribution in [2.24, 2.45) is 0 Å². The molecule has 0 saturated carbocycles. The van der Waals surface area contributed by atoms with Crippen LogP contribution in [0, 0.1) is 17.1 Å². The maximum Gasteiger partial charge on any atom is 0.128 e. The molecule has 2 heterocycles. The van der Waals surface area contributed by atoms with Crippen LogP contribution in [0.2, 0.25) is 5.02 Å². The van der Waals surface area contributed by atoms with Gasteiger partial charge < -0.3 is 10.6 Å². The van der Waals surface area contributed by atoms with Crippen LogP contribution in [0.5, 0.6) is 0 Å². The molecule has 37 heavy (non-hydrogen) atoms. The normalized spacial score (nSPS) is 12.6. The Bertz CT molecular complexity index is 1570. The van der Waals surface area contributed by atoms with Crippen LogP contribution in [0.1, 0.15) is 47.8 Å². The summed E-state index contributed by atoms with van der Waals surface area (Å²) in [7, 11) is 0. The first-order valence-corrected chi connectivity index (χ1v) is 12.2. The predicted molar refractivity (Wildman–Crippen MR) is 143 cm³/mol. The number of pyridine rings is 1. The minimum absolute atomic E-state index is 0.0319. The summed E-state index contributed by atoms with van der Waals surface area (Å²) in [6.07, 6.45) is 3.94. The molecule has 0 saturated heterocycles. The number of rotatable bonds is 8. The van der Waals surface area contributed by atoms with Gasteiger partial charge in [-0.25, -0.2) is 4.39 Å². The van der Waals surface area contributed by atoms with Gasteiger partial charge in [0, 0.05) is 28.4 Å². The van der Waals surface area contributed by atoms with Crippen LogP contribution in [0.15, 0.2) is 79.1 Å². The number of hydrogen-bond donors (Lipinski definition) is 3. The first kappa shape index (κ1) is 24.2. The minimum Gasteiger partial charge on any atom is -0.377 e. The summed E-state index contributed by atoms with van der Waals surface area (Å²) in [5.74, 6) is -0.384. The lowest BCUT2D eigenvalue weighted by Crippen LogP contribution is -2.15. The first-order valence-electron chi connectivity index (χ1n) is 11.8. The number of aromatic amines is 1. The van der Waals surface area contributed by atoms with E-state index in [2.05, 4.69) is 44.0 Å². The molecule has 7 nitrogen and oxygen atoms in total. The lowest BCUT2D eigenvalue weighted by atomic mass is 10.0. The molecular weight excluding hydrogens is 489 g/mol. The Morgan fingerprint density at radius 2 is 1.86 bits per heavy atom. The fourth-order valence-corrected chi connectivity index (χ4v) is 4.64. The monoisotopic (exact) mass is 511 g/mol. The molecule has 0 aliphatic heterocycles. The van der Waals surface area contributed by atoms with E-state index < -0.39 is 6.04 Å². The van der Waals surface area contributed by atoms with Gasteiger partial charge in [0.25, 0.3) is 0 Å². The molecule has 5 rings (SSSR count). The van der Waals surface area contributed by atoms with E-state index in [1.807, 2.05) is 30.3 Å². The highest BCUT2D eigenvalue weighted by atomic mass is 35.5. The van der Waals surface area contributed by atoms with Gasteiger partial charge in [-0.1, -0.05) is 72.3 Å². The largest absolute Gasteiger partial charge is 0.377 e. The van der Waals surface area contributed by atoms with Gasteiger partial charge >= 0.3 is 0 Å². The van der Waals surface area contributed by atoms with Crippen LogP contribution >= 0.6 is 11.6 Å². The molecule has 3 aromatic carbocycles. The Balaban J connectivity index is 1.63. The number of anilines is 2. The molecule has 0 fully saturated rings. The van der Waals surface area contributed by atoms with Crippen LogP contribution in [0.4, 0.5) is 15.8 Å². The van der Waals surface area contributed by atoms with Crippen molar-refractivity contribution >= 4 is 33.9 Å². The minimum atomic E-state index is -0.664. The van der Waals surface area contributed by atoms with Gasteiger partial charge in [0.2, 0.25) is 0 Å². The number of nitrogens with zero attached hydrogens (tertiary/aromatic N) is 4. The van der Waals surface area contributed by atoms with E-state index in [1.165, 1.54) is 12.3 Å². The smallest absolute Gasteiger partial charge is 0.128 e. The van der Waals surface area contributed by atoms with Gasteiger partial charge in [-0.05, 0) is 30.2 Å². The number of aromatic nitrogens is 4. The van der Waals surface area contributed by atoms with E-state index >= 15 is 0 Å². The molecule has 0 bridgehead atoms. The van der Waals surface area contributed by atoms with Gasteiger partial charge in [0.1, 0.15) is 23.6 Å². The average Bonchev–Trinajstić information content (AvgIpc) is 3.46. The molecule has 3 N–H and O–H groups in total. The molecule has 0 aliphatic rings. The molecule has 184 valence electrons. The zero-order valence-electron chi connectivity index (χ0n) is 19.9. The van der Waals surface area contributed by atoms with Gasteiger partial charge in [-0.3, -0.25) is 10.1 Å². The summed E-state index contributed by atoms with van der Waals surface area (Å²) in [5, 5.41) is 28.5. The number of nitrogens with one attached hydrogen (secondary N) is 3. The molecule has 0 spiro atoms. The fraction of sp³-hybridized carbons (Fsp3) is 0.143. The standard InChI is InChI=1S/C28H23ClFN7/c1-2-23(17-8-4-3-5-9-17)34-26-18(14-31)15-32-27-21(26)12-19(29)13-24(27)35-28(25-16-33-37-36-25)20-10-6-7-11-22(20)30/h3-13,15-16,23,28,35H,2H2,1H3,(H,32,34)(H,33,36,37)/t23-,28+/m1/s1. The van der Waals surface area contributed by atoms with Crippen molar-refractivity contribution in [1.82, 2.24) is 20.4 Å². The van der Waals surface area contributed by atoms with Crippen LogP contribution in [0.25, 0.3) is 10.9 Å². The molecule has 2 atom stereocenters. The zero-order valence-corrected chi connectivity index (χ0v) is 20.7. The lowest BCUT2D eigenvalue weighted by Gasteiger charge is -2.23. The Morgan fingerprint density at radius 3 is 2.57 bits per heavy atom. The number of H-pyrrole nitrogens is 1. The average molecular weight is 512 g/mol. The van der Waals surface area contributed by atoms with E-state index in [0.717, 1.165) is 12.0 Å². The molecule has 0 aliphatic carbocycles. The van der Waals surface area contributed by atoms with E-state index in [4.69, 9.17) is 11.6 Å². The Hall–Kier alpha value is -4.48. The van der Waals surface area contributed by atoms with E-state index in [-0.39, 0.29) is 11.9 Å². The van der Waals surface area contributed by atoms with Gasteiger partial charge in [0.15, 0.2) is 0 Å². The maximum absolute atomic E-state index is 14.8. The molecule has 0 radical (unpaired) electrons. The van der Waals surface area contributed by atoms with Crippen molar-refractivity contribution in [1.29, 1.82) is 5.26 Å².